The number of fused-ring (bicyclic) bond motifs is 1. The number of furan rings is 1. The SMILES string of the molecule is Cc1ccc2[nH]c(C(=O)NC(C)C(=O)NCc3ccco3)cc2c1C. The first-order valence-electron chi connectivity index (χ1n) is 8.15. The Labute approximate surface area is 145 Å². The van der Waals surface area contributed by atoms with E-state index in [-0.39, 0.29) is 18.4 Å². The first-order valence-corrected chi connectivity index (χ1v) is 8.15. The minimum atomic E-state index is -0.656. The summed E-state index contributed by atoms with van der Waals surface area (Å²) in [6.45, 7) is 6.00. The van der Waals surface area contributed by atoms with Gasteiger partial charge in [-0.25, -0.2) is 0 Å². The fourth-order valence-corrected chi connectivity index (χ4v) is 2.66. The van der Waals surface area contributed by atoms with Crippen molar-refractivity contribution in [3.05, 3.63) is 59.2 Å². The number of nitrogens with one attached hydrogen (secondary N) is 3. The van der Waals surface area contributed by atoms with Gasteiger partial charge in [-0.15, -0.1) is 0 Å². The van der Waals surface area contributed by atoms with E-state index in [9.17, 15) is 9.59 Å². The quantitative estimate of drug-likeness (QED) is 0.668. The third kappa shape index (κ3) is 3.57. The molecule has 0 fully saturated rings. The van der Waals surface area contributed by atoms with Gasteiger partial charge in [0.05, 0.1) is 12.8 Å². The lowest BCUT2D eigenvalue weighted by Crippen LogP contribution is -2.44. The molecule has 0 saturated carbocycles. The predicted octanol–water partition coefficient (Wildman–Crippen LogP) is 2.81. The van der Waals surface area contributed by atoms with Crippen molar-refractivity contribution in [2.45, 2.75) is 33.4 Å². The first-order chi connectivity index (χ1) is 12.0. The molecule has 0 spiro atoms. The maximum atomic E-state index is 12.4. The molecule has 1 atom stereocenters. The predicted molar refractivity (Wildman–Crippen MR) is 95.3 cm³/mol. The summed E-state index contributed by atoms with van der Waals surface area (Å²) >= 11 is 0. The van der Waals surface area contributed by atoms with Crippen LogP contribution in [0.3, 0.4) is 0 Å². The van der Waals surface area contributed by atoms with Gasteiger partial charge in [0.1, 0.15) is 17.5 Å². The van der Waals surface area contributed by atoms with E-state index in [1.54, 1.807) is 25.3 Å². The zero-order valence-corrected chi connectivity index (χ0v) is 14.5. The summed E-state index contributed by atoms with van der Waals surface area (Å²) in [5.74, 6) is 0.0788. The Morgan fingerprint density at radius 3 is 2.76 bits per heavy atom. The minimum absolute atomic E-state index is 0.270. The molecule has 0 radical (unpaired) electrons. The van der Waals surface area contributed by atoms with E-state index in [2.05, 4.69) is 15.6 Å². The van der Waals surface area contributed by atoms with Gasteiger partial charge in [-0.05, 0) is 56.2 Å². The summed E-state index contributed by atoms with van der Waals surface area (Å²) in [6, 6.07) is 8.66. The van der Waals surface area contributed by atoms with Crippen LogP contribution in [0.4, 0.5) is 0 Å². The average Bonchev–Trinajstić information content (AvgIpc) is 3.25. The topological polar surface area (TPSA) is 87.1 Å². The highest BCUT2D eigenvalue weighted by molar-refractivity contribution is 6.00. The first kappa shape index (κ1) is 16.8. The Kier molecular flexibility index (Phi) is 4.61. The molecule has 0 aliphatic rings. The van der Waals surface area contributed by atoms with Gasteiger partial charge in [-0.2, -0.15) is 0 Å². The maximum Gasteiger partial charge on any atom is 0.268 e. The van der Waals surface area contributed by atoms with Gasteiger partial charge < -0.3 is 20.0 Å². The normalized spacial score (nSPS) is 12.1. The van der Waals surface area contributed by atoms with Crippen LogP contribution in [0, 0.1) is 13.8 Å². The highest BCUT2D eigenvalue weighted by atomic mass is 16.3. The molecule has 1 unspecified atom stereocenters. The monoisotopic (exact) mass is 339 g/mol. The number of aryl methyl sites for hydroxylation is 2. The molecule has 0 aliphatic carbocycles. The van der Waals surface area contributed by atoms with Crippen molar-refractivity contribution in [1.82, 2.24) is 15.6 Å². The van der Waals surface area contributed by atoms with Gasteiger partial charge >= 0.3 is 0 Å². The molecular formula is C19H21N3O3. The van der Waals surface area contributed by atoms with Crippen LogP contribution in [0.2, 0.25) is 0 Å². The Hall–Kier alpha value is -3.02. The van der Waals surface area contributed by atoms with Gasteiger partial charge in [0.2, 0.25) is 5.91 Å². The van der Waals surface area contributed by atoms with Crippen molar-refractivity contribution >= 4 is 22.7 Å². The zero-order valence-electron chi connectivity index (χ0n) is 14.5. The second-order valence-electron chi connectivity index (χ2n) is 6.14. The van der Waals surface area contributed by atoms with E-state index in [0.29, 0.717) is 11.5 Å². The van der Waals surface area contributed by atoms with E-state index in [1.165, 1.54) is 5.56 Å². The number of carbonyl (C=O) groups is 2. The van der Waals surface area contributed by atoms with Gasteiger partial charge in [0.25, 0.3) is 5.91 Å². The van der Waals surface area contributed by atoms with Gasteiger partial charge in [0.15, 0.2) is 0 Å². The molecule has 2 aromatic heterocycles. The van der Waals surface area contributed by atoms with Gasteiger partial charge in [0, 0.05) is 10.9 Å². The van der Waals surface area contributed by atoms with E-state index in [1.807, 2.05) is 32.0 Å². The van der Waals surface area contributed by atoms with E-state index >= 15 is 0 Å². The standard InChI is InChI=1S/C19H21N3O3/c1-11-6-7-16-15(12(11)2)9-17(22-16)19(24)21-13(3)18(23)20-10-14-5-4-8-25-14/h4-9,13,22H,10H2,1-3H3,(H,20,23)(H,21,24). The van der Waals surface area contributed by atoms with Crippen LogP contribution >= 0.6 is 0 Å². The number of aromatic amines is 1. The lowest BCUT2D eigenvalue weighted by Gasteiger charge is -2.13. The van der Waals surface area contributed by atoms with Crippen molar-refractivity contribution in [2.75, 3.05) is 0 Å². The van der Waals surface area contributed by atoms with Crippen LogP contribution in [-0.2, 0) is 11.3 Å². The summed E-state index contributed by atoms with van der Waals surface area (Å²) < 4.78 is 5.16. The molecule has 0 bridgehead atoms. The number of hydrogen-bond acceptors (Lipinski definition) is 3. The van der Waals surface area contributed by atoms with Crippen molar-refractivity contribution < 1.29 is 14.0 Å². The molecule has 3 rings (SSSR count). The third-order valence-corrected chi connectivity index (χ3v) is 4.35. The molecular weight excluding hydrogens is 318 g/mol. The Morgan fingerprint density at radius 2 is 2.04 bits per heavy atom. The van der Waals surface area contributed by atoms with Crippen LogP contribution in [0.1, 0.15) is 34.3 Å². The maximum absolute atomic E-state index is 12.4. The largest absolute Gasteiger partial charge is 0.467 e. The molecule has 2 amide bonds. The van der Waals surface area contributed by atoms with Crippen LogP contribution in [0.15, 0.2) is 41.0 Å². The van der Waals surface area contributed by atoms with Crippen molar-refractivity contribution in [1.29, 1.82) is 0 Å². The number of rotatable bonds is 5. The fraction of sp³-hybridized carbons (Fsp3) is 0.263. The molecule has 2 heterocycles. The van der Waals surface area contributed by atoms with Crippen molar-refractivity contribution in [2.24, 2.45) is 0 Å². The Morgan fingerprint density at radius 1 is 1.24 bits per heavy atom. The number of amides is 2. The molecule has 0 saturated heterocycles. The minimum Gasteiger partial charge on any atom is -0.467 e. The molecule has 130 valence electrons. The molecule has 6 nitrogen and oxygen atoms in total. The summed E-state index contributed by atoms with van der Waals surface area (Å²) in [4.78, 5) is 27.6. The summed E-state index contributed by atoms with van der Waals surface area (Å²) in [6.07, 6.45) is 1.55. The van der Waals surface area contributed by atoms with Crippen molar-refractivity contribution in [3.63, 3.8) is 0 Å². The number of carbonyl (C=O) groups excluding carboxylic acids is 2. The Balaban J connectivity index is 1.65. The highest BCUT2D eigenvalue weighted by Gasteiger charge is 2.18. The molecule has 6 heteroatoms. The molecule has 0 aliphatic heterocycles. The van der Waals surface area contributed by atoms with Crippen LogP contribution in [-0.4, -0.2) is 22.8 Å². The van der Waals surface area contributed by atoms with Gasteiger partial charge in [-0.3, -0.25) is 9.59 Å². The molecule has 1 aromatic carbocycles. The lowest BCUT2D eigenvalue weighted by molar-refractivity contribution is -0.122. The molecule has 25 heavy (non-hydrogen) atoms. The summed E-state index contributed by atoms with van der Waals surface area (Å²) in [7, 11) is 0. The van der Waals surface area contributed by atoms with E-state index in [4.69, 9.17) is 4.42 Å². The number of benzene rings is 1. The van der Waals surface area contributed by atoms with E-state index in [0.717, 1.165) is 16.5 Å². The second-order valence-corrected chi connectivity index (χ2v) is 6.14. The second kappa shape index (κ2) is 6.84. The number of aromatic nitrogens is 1. The summed E-state index contributed by atoms with van der Waals surface area (Å²) in [5, 5.41) is 6.45. The zero-order chi connectivity index (χ0) is 18.0. The Bertz CT molecular complexity index is 910. The number of hydrogen-bond donors (Lipinski definition) is 3. The smallest absolute Gasteiger partial charge is 0.268 e. The lowest BCUT2D eigenvalue weighted by atomic mass is 10.1. The van der Waals surface area contributed by atoms with Crippen molar-refractivity contribution in [3.8, 4) is 0 Å². The number of H-pyrrole nitrogens is 1. The van der Waals surface area contributed by atoms with Crippen LogP contribution in [0.25, 0.3) is 10.9 Å². The molecule has 3 N–H and O–H groups in total. The fourth-order valence-electron chi connectivity index (χ4n) is 2.66. The summed E-state index contributed by atoms with van der Waals surface area (Å²) in [5.41, 5.74) is 3.65. The molecule has 3 aromatic rings. The third-order valence-electron chi connectivity index (χ3n) is 4.35. The van der Waals surface area contributed by atoms with Crippen LogP contribution < -0.4 is 10.6 Å². The van der Waals surface area contributed by atoms with Crippen LogP contribution in [0.5, 0.6) is 0 Å². The highest BCUT2D eigenvalue weighted by Crippen LogP contribution is 2.22. The van der Waals surface area contributed by atoms with Gasteiger partial charge in [-0.1, -0.05) is 6.07 Å². The average molecular weight is 339 g/mol. The van der Waals surface area contributed by atoms with E-state index < -0.39 is 6.04 Å².